The molecule has 3 aliphatic rings. The minimum atomic E-state index is -3.14. The third-order valence-corrected chi connectivity index (χ3v) is 7.73. The molecule has 3 aliphatic carbocycles. The molecule has 0 aromatic heterocycles. The maximum atomic E-state index is 12.2. The normalized spacial score (nSPS) is 34.4. The van der Waals surface area contributed by atoms with Crippen LogP contribution in [0.5, 0.6) is 0 Å². The van der Waals surface area contributed by atoms with Crippen molar-refractivity contribution in [3.8, 4) is 0 Å². The van der Waals surface area contributed by atoms with E-state index in [9.17, 15) is 8.42 Å². The van der Waals surface area contributed by atoms with Crippen LogP contribution in [0.1, 0.15) is 44.9 Å². The summed E-state index contributed by atoms with van der Waals surface area (Å²) in [6, 6.07) is 0.138. The first-order valence-corrected chi connectivity index (χ1v) is 11.3. The van der Waals surface area contributed by atoms with Gasteiger partial charge in [0.25, 0.3) is 0 Å². The van der Waals surface area contributed by atoms with Gasteiger partial charge in [0.1, 0.15) is 0 Å². The second kappa shape index (κ2) is 7.10. The van der Waals surface area contributed by atoms with Gasteiger partial charge in [-0.3, -0.25) is 0 Å². The van der Waals surface area contributed by atoms with Gasteiger partial charge in [0.2, 0.25) is 10.0 Å². The summed E-state index contributed by atoms with van der Waals surface area (Å²) in [5.41, 5.74) is 6.24. The van der Waals surface area contributed by atoms with Gasteiger partial charge in [-0.25, -0.2) is 8.42 Å². The number of rotatable bonds is 6. The Morgan fingerprint density at radius 2 is 1.96 bits per heavy atom. The number of hydrogen-bond acceptors (Lipinski definition) is 3. The summed E-state index contributed by atoms with van der Waals surface area (Å²) >= 11 is 6.23. The Bertz CT molecular complexity index is 617. The molecule has 0 aromatic carbocycles. The molecular weight excluding hydrogens is 344 g/mol. The van der Waals surface area contributed by atoms with Gasteiger partial charge < -0.3 is 5.73 Å². The zero-order valence-corrected chi connectivity index (χ0v) is 16.0. The van der Waals surface area contributed by atoms with Crippen molar-refractivity contribution in [1.82, 2.24) is 4.31 Å². The second-order valence-corrected chi connectivity index (χ2v) is 10.3. The van der Waals surface area contributed by atoms with Gasteiger partial charge in [-0.15, -0.1) is 0 Å². The molecule has 0 aliphatic heterocycles. The van der Waals surface area contributed by atoms with Crippen molar-refractivity contribution in [3.05, 3.63) is 23.3 Å². The highest BCUT2D eigenvalue weighted by atomic mass is 35.5. The Labute approximate surface area is 151 Å². The molecule has 0 saturated heterocycles. The fourth-order valence-corrected chi connectivity index (χ4v) is 5.84. The third kappa shape index (κ3) is 4.06. The summed E-state index contributed by atoms with van der Waals surface area (Å²) in [5.74, 6) is 0.946. The van der Waals surface area contributed by atoms with Crippen LogP contribution >= 0.6 is 11.6 Å². The SMILES string of the molecule is CS(=O)(=O)N(CC1CC1)C1CCC(CN)(C2C=CC=C(Cl)C2)CC1. The monoisotopic (exact) mass is 372 g/mol. The molecule has 6 heteroatoms. The molecule has 136 valence electrons. The Hall–Kier alpha value is -0.360. The van der Waals surface area contributed by atoms with Crippen LogP contribution in [0.15, 0.2) is 23.3 Å². The van der Waals surface area contributed by atoms with Gasteiger partial charge in [-0.05, 0) is 74.8 Å². The van der Waals surface area contributed by atoms with Crippen LogP contribution in [0, 0.1) is 17.3 Å². The van der Waals surface area contributed by atoms with E-state index in [1.807, 2.05) is 12.2 Å². The lowest BCUT2D eigenvalue weighted by molar-refractivity contribution is 0.0930. The predicted octanol–water partition coefficient (Wildman–Crippen LogP) is 3.24. The first-order chi connectivity index (χ1) is 11.3. The molecule has 0 heterocycles. The van der Waals surface area contributed by atoms with E-state index in [1.165, 1.54) is 19.1 Å². The van der Waals surface area contributed by atoms with Crippen LogP contribution < -0.4 is 5.73 Å². The van der Waals surface area contributed by atoms with E-state index in [1.54, 1.807) is 4.31 Å². The van der Waals surface area contributed by atoms with Crippen LogP contribution in [0.4, 0.5) is 0 Å². The van der Waals surface area contributed by atoms with E-state index in [4.69, 9.17) is 17.3 Å². The Balaban J connectivity index is 1.68. The summed E-state index contributed by atoms with van der Waals surface area (Å²) in [4.78, 5) is 0. The number of nitrogens with two attached hydrogens (primary N) is 1. The molecule has 0 amide bonds. The standard InChI is InChI=1S/C18H29ClN2O2S/c1-24(22,23)21(12-14-5-6-14)17-7-9-18(13-20,10-8-17)15-3-2-4-16(19)11-15/h2-4,14-15,17H,5-13,20H2,1H3. The molecule has 2 saturated carbocycles. The first-order valence-electron chi connectivity index (χ1n) is 9.04. The van der Waals surface area contributed by atoms with Crippen LogP contribution in [0.2, 0.25) is 0 Å². The van der Waals surface area contributed by atoms with Crippen molar-refractivity contribution >= 4 is 21.6 Å². The smallest absolute Gasteiger partial charge is 0.211 e. The quantitative estimate of drug-likeness (QED) is 0.778. The number of halogens is 1. The average Bonchev–Trinajstić information content (AvgIpc) is 3.36. The minimum absolute atomic E-state index is 0.0597. The lowest BCUT2D eigenvalue weighted by atomic mass is 9.63. The van der Waals surface area contributed by atoms with Gasteiger partial charge in [0.05, 0.1) is 6.26 Å². The van der Waals surface area contributed by atoms with E-state index < -0.39 is 10.0 Å². The minimum Gasteiger partial charge on any atom is -0.330 e. The third-order valence-electron chi connectivity index (χ3n) is 6.15. The summed E-state index contributed by atoms with van der Waals surface area (Å²) in [6.07, 6.45) is 14.5. The summed E-state index contributed by atoms with van der Waals surface area (Å²) in [6.45, 7) is 1.34. The maximum Gasteiger partial charge on any atom is 0.211 e. The van der Waals surface area contributed by atoms with Crippen molar-refractivity contribution in [2.75, 3.05) is 19.3 Å². The number of nitrogens with zero attached hydrogens (tertiary/aromatic N) is 1. The predicted molar refractivity (Wildman–Crippen MR) is 99.2 cm³/mol. The highest BCUT2D eigenvalue weighted by Crippen LogP contribution is 2.47. The molecule has 2 fully saturated rings. The van der Waals surface area contributed by atoms with E-state index >= 15 is 0 Å². The lowest BCUT2D eigenvalue weighted by Crippen LogP contribution is -2.48. The average molecular weight is 373 g/mol. The first kappa shape index (κ1) is 18.4. The molecule has 1 atom stereocenters. The van der Waals surface area contributed by atoms with Gasteiger partial charge >= 0.3 is 0 Å². The molecular formula is C18H29ClN2O2S. The summed E-state index contributed by atoms with van der Waals surface area (Å²) in [7, 11) is -3.14. The Morgan fingerprint density at radius 1 is 1.29 bits per heavy atom. The van der Waals surface area contributed by atoms with Crippen LogP contribution in [-0.4, -0.2) is 38.1 Å². The van der Waals surface area contributed by atoms with Crippen LogP contribution in [0.3, 0.4) is 0 Å². The Kier molecular flexibility index (Phi) is 5.45. The number of allylic oxidation sites excluding steroid dienone is 4. The van der Waals surface area contributed by atoms with Crippen molar-refractivity contribution < 1.29 is 8.42 Å². The van der Waals surface area contributed by atoms with Gasteiger partial charge in [-0.2, -0.15) is 4.31 Å². The number of sulfonamides is 1. The lowest BCUT2D eigenvalue weighted by Gasteiger charge is -2.46. The van der Waals surface area contributed by atoms with E-state index in [0.717, 1.165) is 37.1 Å². The topological polar surface area (TPSA) is 63.4 Å². The molecule has 0 radical (unpaired) electrons. The van der Waals surface area contributed by atoms with E-state index in [-0.39, 0.29) is 11.5 Å². The van der Waals surface area contributed by atoms with E-state index in [0.29, 0.717) is 24.9 Å². The molecule has 0 aromatic rings. The maximum absolute atomic E-state index is 12.2. The molecule has 0 spiro atoms. The summed E-state index contributed by atoms with van der Waals surface area (Å²) < 4.78 is 26.2. The molecule has 4 nitrogen and oxygen atoms in total. The summed E-state index contributed by atoms with van der Waals surface area (Å²) in [5, 5.41) is 0.893. The fourth-order valence-electron chi connectivity index (χ4n) is 4.36. The van der Waals surface area contributed by atoms with E-state index in [2.05, 4.69) is 6.08 Å². The van der Waals surface area contributed by atoms with Crippen LogP contribution in [0.25, 0.3) is 0 Å². The van der Waals surface area contributed by atoms with Crippen LogP contribution in [-0.2, 0) is 10.0 Å². The molecule has 3 rings (SSSR count). The van der Waals surface area contributed by atoms with Crippen molar-refractivity contribution in [2.24, 2.45) is 23.0 Å². The van der Waals surface area contributed by atoms with Gasteiger partial charge in [0.15, 0.2) is 0 Å². The van der Waals surface area contributed by atoms with Crippen molar-refractivity contribution in [2.45, 2.75) is 51.0 Å². The van der Waals surface area contributed by atoms with Crippen molar-refractivity contribution in [3.63, 3.8) is 0 Å². The van der Waals surface area contributed by atoms with Crippen molar-refractivity contribution in [1.29, 1.82) is 0 Å². The fraction of sp³-hybridized carbons (Fsp3) is 0.778. The molecule has 1 unspecified atom stereocenters. The zero-order valence-electron chi connectivity index (χ0n) is 14.5. The van der Waals surface area contributed by atoms with Gasteiger partial charge in [-0.1, -0.05) is 23.8 Å². The molecule has 2 N–H and O–H groups in total. The Morgan fingerprint density at radius 3 is 2.46 bits per heavy atom. The highest BCUT2D eigenvalue weighted by molar-refractivity contribution is 7.88. The highest BCUT2D eigenvalue weighted by Gasteiger charge is 2.43. The molecule has 24 heavy (non-hydrogen) atoms. The molecule has 0 bridgehead atoms. The zero-order chi connectivity index (χ0) is 17.4. The second-order valence-electron chi connectivity index (χ2n) is 7.88. The largest absolute Gasteiger partial charge is 0.330 e. The number of hydrogen-bond donors (Lipinski definition) is 1. The van der Waals surface area contributed by atoms with Gasteiger partial charge in [0, 0.05) is 17.6 Å².